The van der Waals surface area contributed by atoms with Crippen molar-refractivity contribution < 1.29 is 90.4 Å². The highest BCUT2D eigenvalue weighted by molar-refractivity contribution is 8.14. The molecule has 2 amide bonds. The van der Waals surface area contributed by atoms with Gasteiger partial charge in [-0.15, -0.1) is 0 Å². The number of aliphatic carboxylic acids is 1. The number of hydrogen-bond donors (Lipinski definition) is 10. The SMILES string of the molecule is CC(C)(COP(=O)(O)OP(=O)(O)OC[C@H]1O[C@@H](n2cnc3c(N)ncnc32)[C@H](O)[C@@H]1OP(=O)(O)O)[C@@H](O)C(=O)NCCC(=O)NCCSC(=O)C=CCCC(=O)O. The van der Waals surface area contributed by atoms with Gasteiger partial charge in [0.15, 0.2) is 17.7 Å². The molecule has 0 aromatic carbocycles. The van der Waals surface area contributed by atoms with Crippen molar-refractivity contribution in [2.45, 2.75) is 63.8 Å². The fraction of sp³-hybridized carbons (Fsp3) is 0.593. The molecule has 320 valence electrons. The number of nitrogens with one attached hydrogen (secondary N) is 2. The number of hydrogen-bond acceptors (Lipinski definition) is 19. The molecule has 1 fully saturated rings. The average Bonchev–Trinajstić information content (AvgIpc) is 3.66. The number of ether oxygens (including phenoxy) is 1. The number of anilines is 1. The molecular formula is C27H42N7O19P3S. The van der Waals surface area contributed by atoms with Crippen molar-refractivity contribution in [3.8, 4) is 0 Å². The molecule has 30 heteroatoms. The summed E-state index contributed by atoms with van der Waals surface area (Å²) in [5, 5.41) is 34.5. The number of phosphoric acid groups is 3. The monoisotopic (exact) mass is 893 g/mol. The fourth-order valence-electron chi connectivity index (χ4n) is 4.72. The summed E-state index contributed by atoms with van der Waals surface area (Å²) in [6, 6.07) is 0. The number of phosphoric ester groups is 3. The summed E-state index contributed by atoms with van der Waals surface area (Å²) >= 11 is 0.895. The predicted octanol–water partition coefficient (Wildman–Crippen LogP) is -0.914. The number of imidazole rings is 1. The first-order valence-corrected chi connectivity index (χ1v) is 21.9. The molecular weight excluding hydrogens is 851 g/mol. The van der Waals surface area contributed by atoms with E-state index in [1.54, 1.807) is 0 Å². The van der Waals surface area contributed by atoms with Gasteiger partial charge in [0.1, 0.15) is 36.3 Å². The number of carboxylic acid groups (broad SMARTS) is 1. The Balaban J connectivity index is 1.47. The number of fused-ring (bicyclic) bond motifs is 1. The minimum atomic E-state index is -5.59. The Kier molecular flexibility index (Phi) is 17.4. The number of nitrogens with two attached hydrogens (primary N) is 1. The molecule has 57 heavy (non-hydrogen) atoms. The van der Waals surface area contributed by atoms with E-state index in [-0.39, 0.29) is 60.2 Å². The number of nitrogens with zero attached hydrogens (tertiary/aromatic N) is 4. The highest BCUT2D eigenvalue weighted by Gasteiger charge is 2.50. The van der Waals surface area contributed by atoms with Gasteiger partial charge in [-0.3, -0.25) is 37.3 Å². The van der Waals surface area contributed by atoms with Crippen LogP contribution in [0.25, 0.3) is 11.2 Å². The summed E-state index contributed by atoms with van der Waals surface area (Å²) in [7, 11) is -16.4. The molecule has 1 saturated heterocycles. The normalized spacial score (nSPS) is 21.5. The Morgan fingerprint density at radius 2 is 1.74 bits per heavy atom. The van der Waals surface area contributed by atoms with Crippen molar-refractivity contribution in [2.75, 3.05) is 37.8 Å². The van der Waals surface area contributed by atoms with Gasteiger partial charge in [-0.1, -0.05) is 31.7 Å². The average molecular weight is 894 g/mol. The molecule has 0 bridgehead atoms. The van der Waals surface area contributed by atoms with Crippen LogP contribution in [0.1, 0.15) is 39.3 Å². The molecule has 1 aliphatic rings. The van der Waals surface area contributed by atoms with E-state index in [0.29, 0.717) is 0 Å². The van der Waals surface area contributed by atoms with Gasteiger partial charge in [-0.25, -0.2) is 28.6 Å². The molecule has 0 radical (unpaired) electrons. The first kappa shape index (κ1) is 48.1. The van der Waals surface area contributed by atoms with Crippen LogP contribution >= 0.6 is 35.2 Å². The zero-order valence-corrected chi connectivity index (χ0v) is 33.5. The Hall–Kier alpha value is -3.23. The van der Waals surface area contributed by atoms with Crippen molar-refractivity contribution in [3.63, 3.8) is 0 Å². The molecule has 2 unspecified atom stereocenters. The zero-order chi connectivity index (χ0) is 42.8. The standard InChI is InChI=1S/C27H42N7O19P3S/c1-27(2,22(40)25(41)30-8-7-16(35)29-9-10-57-18(38)6-4-3-5-17(36)37)12-50-56(47,48)53-55(45,46)49-11-15-21(52-54(42,43)44)20(39)26(51-15)34-14-33-19-23(28)31-13-32-24(19)34/h4,6,13-15,20-22,26,39-40H,3,5,7-12H2,1-2H3,(H,29,35)(H,30,41)(H,36,37)(H,45,46)(H,47,48)(H2,28,31,32)(H2,42,43,44)/t15-,20-,21-,22+,26-/m1/s1. The number of aliphatic hydroxyl groups is 2. The van der Waals surface area contributed by atoms with Gasteiger partial charge in [0.25, 0.3) is 0 Å². The molecule has 11 N–H and O–H groups in total. The lowest BCUT2D eigenvalue weighted by molar-refractivity contribution is -0.137. The van der Waals surface area contributed by atoms with E-state index in [0.717, 1.165) is 29.0 Å². The molecule has 0 aliphatic carbocycles. The van der Waals surface area contributed by atoms with Crippen LogP contribution in [0.5, 0.6) is 0 Å². The maximum Gasteiger partial charge on any atom is 0.481 e. The second-order valence-corrected chi connectivity index (χ2v) is 17.9. The Labute approximate surface area is 327 Å². The lowest BCUT2D eigenvalue weighted by Crippen LogP contribution is -2.46. The number of allylic oxidation sites excluding steroid dienone is 1. The Bertz CT molecular complexity index is 1930. The van der Waals surface area contributed by atoms with Gasteiger partial charge in [0, 0.05) is 37.1 Å². The maximum atomic E-state index is 12.7. The molecule has 2 aromatic rings. The maximum absolute atomic E-state index is 12.7. The smallest absolute Gasteiger partial charge is 0.481 e. The predicted molar refractivity (Wildman–Crippen MR) is 193 cm³/mol. The summed E-state index contributed by atoms with van der Waals surface area (Å²) in [4.78, 5) is 97.6. The minimum Gasteiger partial charge on any atom is -0.481 e. The number of amides is 2. The second-order valence-electron chi connectivity index (χ2n) is 12.6. The van der Waals surface area contributed by atoms with Gasteiger partial charge in [0.2, 0.25) is 16.9 Å². The van der Waals surface area contributed by atoms with Crippen LogP contribution in [0, 0.1) is 5.41 Å². The Morgan fingerprint density at radius 3 is 2.40 bits per heavy atom. The summed E-state index contributed by atoms with van der Waals surface area (Å²) < 4.78 is 62.0. The van der Waals surface area contributed by atoms with E-state index in [4.69, 9.17) is 24.6 Å². The van der Waals surface area contributed by atoms with E-state index in [2.05, 4.69) is 34.4 Å². The number of nitrogen functional groups attached to an aromatic ring is 1. The molecule has 26 nitrogen and oxygen atoms in total. The summed E-state index contributed by atoms with van der Waals surface area (Å²) in [5.74, 6) is -2.34. The lowest BCUT2D eigenvalue weighted by atomic mass is 9.87. The van der Waals surface area contributed by atoms with Crippen LogP contribution in [0.4, 0.5) is 5.82 Å². The van der Waals surface area contributed by atoms with E-state index < -0.39 is 90.5 Å². The first-order valence-electron chi connectivity index (χ1n) is 16.4. The summed E-state index contributed by atoms with van der Waals surface area (Å²) in [5.41, 5.74) is 4.21. The number of aromatic nitrogens is 4. The molecule has 3 heterocycles. The van der Waals surface area contributed by atoms with Gasteiger partial charge in [0.05, 0.1) is 19.5 Å². The van der Waals surface area contributed by atoms with Crippen molar-refractivity contribution in [1.82, 2.24) is 30.2 Å². The van der Waals surface area contributed by atoms with Crippen LogP contribution in [-0.4, -0.2) is 134 Å². The second kappa shape index (κ2) is 20.6. The Morgan fingerprint density at radius 1 is 1.05 bits per heavy atom. The fourth-order valence-corrected chi connectivity index (χ4v) is 8.14. The third-order valence-electron chi connectivity index (χ3n) is 7.52. The number of carboxylic acids is 1. The molecule has 1 aliphatic heterocycles. The molecule has 0 saturated carbocycles. The van der Waals surface area contributed by atoms with Gasteiger partial charge in [-0.2, -0.15) is 4.31 Å². The van der Waals surface area contributed by atoms with Crippen molar-refractivity contribution in [1.29, 1.82) is 0 Å². The number of carbonyl (C=O) groups is 4. The summed E-state index contributed by atoms with van der Waals surface area (Å²) in [6.07, 6.45) is -4.33. The largest absolute Gasteiger partial charge is 0.481 e. The third kappa shape index (κ3) is 15.5. The molecule has 2 aromatic heterocycles. The number of aliphatic hydroxyl groups excluding tert-OH is 2. The van der Waals surface area contributed by atoms with E-state index in [1.807, 2.05) is 0 Å². The van der Waals surface area contributed by atoms with Crippen LogP contribution < -0.4 is 16.4 Å². The lowest BCUT2D eigenvalue weighted by Gasteiger charge is -2.30. The third-order valence-corrected chi connectivity index (χ3v) is 11.5. The zero-order valence-electron chi connectivity index (χ0n) is 30.0. The number of thioether (sulfide) groups is 1. The number of rotatable bonds is 23. The first-order chi connectivity index (χ1) is 26.4. The van der Waals surface area contributed by atoms with E-state index in [1.165, 1.54) is 26.0 Å². The van der Waals surface area contributed by atoms with Crippen molar-refractivity contribution in [2.24, 2.45) is 5.41 Å². The van der Waals surface area contributed by atoms with Crippen LogP contribution in [-0.2, 0) is 55.5 Å². The molecule has 0 spiro atoms. The highest BCUT2D eigenvalue weighted by atomic mass is 32.2. The quantitative estimate of drug-likeness (QED) is 0.0366. The van der Waals surface area contributed by atoms with E-state index >= 15 is 0 Å². The van der Waals surface area contributed by atoms with Crippen LogP contribution in [0.3, 0.4) is 0 Å². The highest BCUT2D eigenvalue weighted by Crippen LogP contribution is 2.61. The van der Waals surface area contributed by atoms with Gasteiger partial charge < -0.3 is 56.0 Å². The molecule has 7 atom stereocenters. The van der Waals surface area contributed by atoms with Crippen LogP contribution in [0.2, 0.25) is 0 Å². The van der Waals surface area contributed by atoms with Crippen molar-refractivity contribution >= 4 is 75.1 Å². The van der Waals surface area contributed by atoms with Gasteiger partial charge >= 0.3 is 29.4 Å². The van der Waals surface area contributed by atoms with Gasteiger partial charge in [-0.05, 0) is 12.5 Å². The van der Waals surface area contributed by atoms with E-state index in [9.17, 15) is 62.7 Å². The van der Waals surface area contributed by atoms with Crippen LogP contribution in [0.15, 0.2) is 24.8 Å². The topological polar surface area (TPSA) is 401 Å². The number of carbonyl (C=O) groups excluding carboxylic acids is 3. The molecule has 3 rings (SSSR count). The summed E-state index contributed by atoms with van der Waals surface area (Å²) in [6.45, 7) is 0.257. The minimum absolute atomic E-state index is 0.0202. The van der Waals surface area contributed by atoms with Crippen molar-refractivity contribution in [3.05, 3.63) is 24.8 Å².